The summed E-state index contributed by atoms with van der Waals surface area (Å²) in [4.78, 5) is 21.8. The van der Waals surface area contributed by atoms with Gasteiger partial charge in [-0.3, -0.25) is 9.69 Å². The number of sulfone groups is 1. The van der Waals surface area contributed by atoms with Gasteiger partial charge in [-0.1, -0.05) is 43.2 Å². The molecule has 11 nitrogen and oxygen atoms in total. The minimum Gasteiger partial charge on any atom is -0.456 e. The van der Waals surface area contributed by atoms with E-state index in [0.29, 0.717) is 23.4 Å². The van der Waals surface area contributed by atoms with Crippen molar-refractivity contribution < 1.29 is 26.4 Å². The first-order chi connectivity index (χ1) is 28.1. The van der Waals surface area contributed by atoms with Crippen LogP contribution in [0, 0.1) is 12.3 Å². The summed E-state index contributed by atoms with van der Waals surface area (Å²) >= 11 is 6.24. The van der Waals surface area contributed by atoms with Gasteiger partial charge in [-0.05, 0) is 121 Å². The number of hydrogen-bond donors (Lipinski definition) is 3. The van der Waals surface area contributed by atoms with Crippen LogP contribution in [0.4, 0.5) is 11.4 Å². The van der Waals surface area contributed by atoms with Crippen LogP contribution >= 0.6 is 11.6 Å². The number of sulfonamides is 1. The zero-order valence-corrected chi connectivity index (χ0v) is 35.9. The van der Waals surface area contributed by atoms with Crippen molar-refractivity contribution >= 4 is 65.2 Å². The molecule has 3 N–H and O–H groups in total. The molecule has 2 saturated heterocycles. The number of amides is 1. The third-order valence-electron chi connectivity index (χ3n) is 11.8. The molecule has 1 amide bonds. The molecule has 1 aliphatic carbocycles. The molecule has 0 bridgehead atoms. The van der Waals surface area contributed by atoms with E-state index in [1.54, 1.807) is 25.1 Å². The average molecular weight is 857 g/mol. The number of fused-ring (bicyclic) bond motifs is 1. The Balaban J connectivity index is 0.998. The molecule has 1 aromatic heterocycles. The summed E-state index contributed by atoms with van der Waals surface area (Å²) in [5, 5.41) is 4.90. The number of H-pyrrole nitrogens is 1. The van der Waals surface area contributed by atoms with Crippen LogP contribution in [-0.4, -0.2) is 82.9 Å². The van der Waals surface area contributed by atoms with Gasteiger partial charge in [0.1, 0.15) is 11.5 Å². The van der Waals surface area contributed by atoms with Gasteiger partial charge in [-0.2, -0.15) is 0 Å². The van der Waals surface area contributed by atoms with Crippen molar-refractivity contribution in [1.82, 2.24) is 14.6 Å². The number of aromatic amines is 1. The number of piperazine rings is 1. The van der Waals surface area contributed by atoms with Crippen molar-refractivity contribution in [3.8, 4) is 11.5 Å². The van der Waals surface area contributed by atoms with Gasteiger partial charge >= 0.3 is 0 Å². The smallest absolute Gasteiger partial charge is 0.268 e. The number of nitrogens with zero attached hydrogens (tertiary/aromatic N) is 2. The minimum absolute atomic E-state index is 0.0325. The van der Waals surface area contributed by atoms with Gasteiger partial charge in [-0.25, -0.2) is 21.6 Å². The van der Waals surface area contributed by atoms with Crippen molar-refractivity contribution in [2.45, 2.75) is 57.4 Å². The molecule has 3 aliphatic rings. The second-order valence-electron chi connectivity index (χ2n) is 16.9. The SMILES string of the molecule is Cc1cc(S(=O)(=O)NC(=O)c2ccc(N3CCN(CC4=C(c5ccc(Cl)cc5)CC(C)(C)CC4)CC3)cc2Oc2ccc3[nH]ccc3c2)ccc1NC1CCS(=O)(=O)C1. The van der Waals surface area contributed by atoms with E-state index >= 15 is 0 Å². The molecule has 59 heavy (non-hydrogen) atoms. The van der Waals surface area contributed by atoms with Crippen LogP contribution in [0.15, 0.2) is 102 Å². The summed E-state index contributed by atoms with van der Waals surface area (Å²) in [6.45, 7) is 10.6. The number of allylic oxidation sites excluding steroid dienone is 1. The highest BCUT2D eigenvalue weighted by Gasteiger charge is 2.31. The van der Waals surface area contributed by atoms with Crippen LogP contribution in [0.3, 0.4) is 0 Å². The van der Waals surface area contributed by atoms with Crippen molar-refractivity contribution in [3.63, 3.8) is 0 Å². The predicted octanol–water partition coefficient (Wildman–Crippen LogP) is 8.43. The molecule has 0 spiro atoms. The molecule has 8 rings (SSSR count). The fourth-order valence-electron chi connectivity index (χ4n) is 8.43. The molecule has 0 saturated carbocycles. The number of aromatic nitrogens is 1. The maximum atomic E-state index is 13.9. The first-order valence-electron chi connectivity index (χ1n) is 20.1. The summed E-state index contributed by atoms with van der Waals surface area (Å²) < 4.78 is 59.8. The van der Waals surface area contributed by atoms with E-state index in [2.05, 4.69) is 50.8 Å². The van der Waals surface area contributed by atoms with Gasteiger partial charge in [0.05, 0.1) is 22.0 Å². The first-order valence-corrected chi connectivity index (χ1v) is 23.8. The molecule has 0 radical (unpaired) electrons. The molecule has 310 valence electrons. The van der Waals surface area contributed by atoms with E-state index in [1.165, 1.54) is 28.8 Å². The van der Waals surface area contributed by atoms with Crippen molar-refractivity contribution in [2.75, 3.05) is 54.4 Å². The normalized spacial score (nSPS) is 19.5. The lowest BCUT2D eigenvalue weighted by atomic mass is 9.72. The second-order valence-corrected chi connectivity index (χ2v) is 21.2. The summed E-state index contributed by atoms with van der Waals surface area (Å²) in [5.74, 6) is 0.0692. The average Bonchev–Trinajstić information content (AvgIpc) is 3.81. The largest absolute Gasteiger partial charge is 0.456 e. The summed E-state index contributed by atoms with van der Waals surface area (Å²) in [7, 11) is -7.38. The van der Waals surface area contributed by atoms with Crippen molar-refractivity contribution in [1.29, 1.82) is 0 Å². The minimum atomic E-state index is -4.29. The van der Waals surface area contributed by atoms with E-state index < -0.39 is 25.8 Å². The summed E-state index contributed by atoms with van der Waals surface area (Å²) in [5.41, 5.74) is 7.54. The number of aryl methyl sites for hydroxylation is 1. The summed E-state index contributed by atoms with van der Waals surface area (Å²) in [6.07, 6.45) is 5.58. The lowest BCUT2D eigenvalue weighted by Gasteiger charge is -2.39. The molecule has 5 aromatic rings. The number of rotatable bonds is 11. The number of benzene rings is 4. The Hall–Kier alpha value is -4.82. The fraction of sp³-hybridized carbons (Fsp3) is 0.356. The van der Waals surface area contributed by atoms with Crippen LogP contribution in [0.2, 0.25) is 5.02 Å². The number of halogens is 1. The van der Waals surface area contributed by atoms with E-state index in [4.69, 9.17) is 16.3 Å². The Bertz CT molecular complexity index is 2650. The molecule has 14 heteroatoms. The van der Waals surface area contributed by atoms with Gasteiger partial charge in [0.15, 0.2) is 9.84 Å². The number of carbonyl (C=O) groups excluding carboxylic acids is 1. The fourth-order valence-corrected chi connectivity index (χ4v) is 11.3. The van der Waals surface area contributed by atoms with Gasteiger partial charge < -0.3 is 19.9 Å². The Morgan fingerprint density at radius 3 is 2.47 bits per heavy atom. The molecule has 2 aliphatic heterocycles. The second kappa shape index (κ2) is 16.3. The standard InChI is InChI=1S/C45H50ClN5O6S2/c1-30-24-38(10-13-41(30)48-35-16-23-58(53,54)29-35)59(55,56)49-44(52)39-11-8-36(26-43(39)57-37-9-12-42-32(25-37)15-18-47-42)51-21-19-50(20-22-51)28-33-14-17-45(2,3)27-40(33)31-4-6-34(46)7-5-31/h4-13,15,18,24-26,35,47-48H,14,16-17,19-23,27-29H2,1-3H3,(H,49,52). The number of hydrogen-bond acceptors (Lipinski definition) is 9. The van der Waals surface area contributed by atoms with E-state index in [-0.39, 0.29) is 39.2 Å². The van der Waals surface area contributed by atoms with Gasteiger partial charge in [0.2, 0.25) is 0 Å². The Morgan fingerprint density at radius 2 is 1.75 bits per heavy atom. The van der Waals surface area contributed by atoms with Gasteiger partial charge in [-0.15, -0.1) is 0 Å². The zero-order valence-electron chi connectivity index (χ0n) is 33.6. The molecule has 2 fully saturated rings. The van der Waals surface area contributed by atoms with Crippen LogP contribution < -0.4 is 19.7 Å². The highest BCUT2D eigenvalue weighted by molar-refractivity contribution is 7.91. The third kappa shape index (κ3) is 9.49. The van der Waals surface area contributed by atoms with Crippen molar-refractivity contribution in [3.05, 3.63) is 118 Å². The number of carbonyl (C=O) groups is 1. The molecule has 1 atom stereocenters. The van der Waals surface area contributed by atoms with E-state index in [1.807, 2.05) is 48.7 Å². The maximum absolute atomic E-state index is 13.9. The molecule has 4 aromatic carbocycles. The Kier molecular flexibility index (Phi) is 11.3. The Morgan fingerprint density at radius 1 is 0.966 bits per heavy atom. The maximum Gasteiger partial charge on any atom is 0.268 e. The molecular formula is C45H50ClN5O6S2. The highest BCUT2D eigenvalue weighted by atomic mass is 35.5. The van der Waals surface area contributed by atoms with Crippen LogP contribution in [0.1, 0.15) is 61.0 Å². The zero-order chi connectivity index (χ0) is 41.5. The monoisotopic (exact) mass is 855 g/mol. The Labute approximate surface area is 351 Å². The lowest BCUT2D eigenvalue weighted by molar-refractivity contribution is 0.0979. The van der Waals surface area contributed by atoms with E-state index in [0.717, 1.165) is 73.6 Å². The topological polar surface area (TPSA) is 141 Å². The first kappa shape index (κ1) is 40.9. The number of nitrogens with one attached hydrogen (secondary N) is 3. The number of ether oxygens (including phenoxy) is 1. The van der Waals surface area contributed by atoms with Crippen molar-refractivity contribution in [2.24, 2.45) is 5.41 Å². The quantitative estimate of drug-likeness (QED) is 0.119. The molecule has 3 heterocycles. The van der Waals surface area contributed by atoms with Crippen LogP contribution in [-0.2, 0) is 19.9 Å². The van der Waals surface area contributed by atoms with Gasteiger partial charge in [0.25, 0.3) is 15.9 Å². The summed E-state index contributed by atoms with van der Waals surface area (Å²) in [6, 6.07) is 25.2. The third-order valence-corrected chi connectivity index (χ3v) is 15.2. The molecular weight excluding hydrogens is 806 g/mol. The highest BCUT2D eigenvalue weighted by Crippen LogP contribution is 2.43. The molecule has 1 unspecified atom stereocenters. The van der Waals surface area contributed by atoms with E-state index in [9.17, 15) is 21.6 Å². The lowest BCUT2D eigenvalue weighted by Crippen LogP contribution is -2.47. The number of anilines is 2. The van der Waals surface area contributed by atoms with Crippen LogP contribution in [0.25, 0.3) is 16.5 Å². The predicted molar refractivity (Wildman–Crippen MR) is 236 cm³/mol. The van der Waals surface area contributed by atoms with Crippen LogP contribution in [0.5, 0.6) is 11.5 Å². The van der Waals surface area contributed by atoms with Gasteiger partial charge in [0, 0.05) is 78.3 Å².